The van der Waals surface area contributed by atoms with Gasteiger partial charge in [0.25, 0.3) is 5.88 Å². The van der Waals surface area contributed by atoms with Crippen molar-refractivity contribution in [3.63, 3.8) is 0 Å². The van der Waals surface area contributed by atoms with E-state index >= 15 is 0 Å². The SMILES string of the molecule is CO[PH](=O)Oc1c[nH]nn1. The molecule has 0 bridgehead atoms. The van der Waals surface area contributed by atoms with Crippen molar-refractivity contribution in [1.29, 1.82) is 0 Å². The van der Waals surface area contributed by atoms with Gasteiger partial charge in [0, 0.05) is 7.11 Å². The third kappa shape index (κ3) is 1.82. The van der Waals surface area contributed by atoms with Crippen molar-refractivity contribution in [3.05, 3.63) is 6.20 Å². The monoisotopic (exact) mass is 163 g/mol. The first-order valence-corrected chi connectivity index (χ1v) is 3.67. The maximum atomic E-state index is 10.5. The van der Waals surface area contributed by atoms with Crippen LogP contribution in [-0.4, -0.2) is 22.5 Å². The van der Waals surface area contributed by atoms with E-state index in [0.29, 0.717) is 0 Å². The maximum absolute atomic E-state index is 10.5. The summed E-state index contributed by atoms with van der Waals surface area (Å²) < 4.78 is 19.5. The maximum Gasteiger partial charge on any atom is 0.368 e. The van der Waals surface area contributed by atoms with Crippen molar-refractivity contribution >= 4 is 8.25 Å². The zero-order valence-electron chi connectivity index (χ0n) is 5.20. The van der Waals surface area contributed by atoms with Gasteiger partial charge in [-0.25, -0.2) is 4.57 Å². The van der Waals surface area contributed by atoms with Crippen LogP contribution < -0.4 is 4.52 Å². The molecule has 1 N–H and O–H groups in total. The van der Waals surface area contributed by atoms with Crippen LogP contribution in [0, 0.1) is 0 Å². The van der Waals surface area contributed by atoms with Crippen molar-refractivity contribution in [2.24, 2.45) is 0 Å². The van der Waals surface area contributed by atoms with Gasteiger partial charge in [-0.05, 0) is 0 Å². The molecular formula is C3H6N3O3P. The summed E-state index contributed by atoms with van der Waals surface area (Å²) in [6.45, 7) is 0. The summed E-state index contributed by atoms with van der Waals surface area (Å²) in [5.74, 6) is 0.172. The van der Waals surface area contributed by atoms with E-state index in [1.165, 1.54) is 13.3 Å². The Kier molecular flexibility index (Phi) is 2.42. The summed E-state index contributed by atoms with van der Waals surface area (Å²) in [5.41, 5.74) is 0. The number of hydrogen-bond donors (Lipinski definition) is 1. The van der Waals surface area contributed by atoms with Gasteiger partial charge < -0.3 is 9.05 Å². The molecule has 1 unspecified atom stereocenters. The van der Waals surface area contributed by atoms with Gasteiger partial charge in [-0.3, -0.25) is 5.10 Å². The minimum atomic E-state index is -2.42. The number of nitrogens with one attached hydrogen (secondary N) is 1. The highest BCUT2D eigenvalue weighted by molar-refractivity contribution is 7.33. The largest absolute Gasteiger partial charge is 0.404 e. The molecule has 0 aliphatic heterocycles. The summed E-state index contributed by atoms with van der Waals surface area (Å²) in [5, 5.41) is 9.15. The summed E-state index contributed by atoms with van der Waals surface area (Å²) >= 11 is 0. The van der Waals surface area contributed by atoms with Crippen LogP contribution in [-0.2, 0) is 9.09 Å². The second kappa shape index (κ2) is 3.34. The smallest absolute Gasteiger partial charge is 0.368 e. The zero-order valence-corrected chi connectivity index (χ0v) is 6.20. The van der Waals surface area contributed by atoms with Crippen molar-refractivity contribution in [1.82, 2.24) is 15.4 Å². The van der Waals surface area contributed by atoms with Crippen molar-refractivity contribution in [3.8, 4) is 5.88 Å². The third-order valence-electron chi connectivity index (χ3n) is 0.749. The predicted molar refractivity (Wildman–Crippen MR) is 33.0 cm³/mol. The van der Waals surface area contributed by atoms with Gasteiger partial charge in [0.15, 0.2) is 0 Å². The Labute approximate surface area is 57.5 Å². The lowest BCUT2D eigenvalue weighted by molar-refractivity contribution is 0.345. The van der Waals surface area contributed by atoms with Gasteiger partial charge in [0.05, 0.1) is 6.20 Å². The molecule has 0 radical (unpaired) electrons. The fourth-order valence-corrected chi connectivity index (χ4v) is 0.722. The normalized spacial score (nSPS) is 12.9. The molecule has 0 amide bonds. The van der Waals surface area contributed by atoms with Gasteiger partial charge in [0.1, 0.15) is 0 Å². The van der Waals surface area contributed by atoms with Gasteiger partial charge in [-0.1, -0.05) is 10.3 Å². The Bertz CT molecular complexity index is 211. The third-order valence-corrected chi connectivity index (χ3v) is 1.46. The van der Waals surface area contributed by atoms with E-state index in [1.807, 2.05) is 0 Å². The second-order valence-corrected chi connectivity index (χ2v) is 2.48. The molecule has 0 fully saturated rings. The van der Waals surface area contributed by atoms with Gasteiger partial charge in [-0.2, -0.15) is 0 Å². The molecule has 1 heterocycles. The Morgan fingerprint density at radius 2 is 2.60 bits per heavy atom. The fourth-order valence-electron chi connectivity index (χ4n) is 0.368. The van der Waals surface area contributed by atoms with Crippen LogP contribution >= 0.6 is 8.25 Å². The van der Waals surface area contributed by atoms with Crippen LogP contribution in [0.2, 0.25) is 0 Å². The average molecular weight is 163 g/mol. The number of rotatable bonds is 3. The van der Waals surface area contributed by atoms with Crippen molar-refractivity contribution < 1.29 is 13.6 Å². The summed E-state index contributed by atoms with van der Waals surface area (Å²) in [7, 11) is -1.13. The molecule has 1 rings (SSSR count). The highest BCUT2D eigenvalue weighted by Gasteiger charge is 1.99. The molecule has 0 saturated heterocycles. The molecule has 0 aliphatic rings. The van der Waals surface area contributed by atoms with E-state index in [1.54, 1.807) is 0 Å². The Balaban J connectivity index is 2.48. The van der Waals surface area contributed by atoms with Gasteiger partial charge >= 0.3 is 8.25 Å². The molecule has 6 nitrogen and oxygen atoms in total. The molecule has 0 aliphatic carbocycles. The first-order valence-electron chi connectivity index (χ1n) is 2.45. The van der Waals surface area contributed by atoms with E-state index in [4.69, 9.17) is 0 Å². The lowest BCUT2D eigenvalue weighted by Gasteiger charge is -1.96. The van der Waals surface area contributed by atoms with E-state index < -0.39 is 8.25 Å². The van der Waals surface area contributed by atoms with Gasteiger partial charge in [0.2, 0.25) is 0 Å². The molecule has 1 aromatic rings. The molecule has 7 heteroatoms. The fraction of sp³-hybridized carbons (Fsp3) is 0.333. The summed E-state index contributed by atoms with van der Waals surface area (Å²) in [4.78, 5) is 0. The lowest BCUT2D eigenvalue weighted by Crippen LogP contribution is -1.81. The Morgan fingerprint density at radius 1 is 1.80 bits per heavy atom. The molecule has 1 atom stereocenters. The number of H-pyrrole nitrogens is 1. The van der Waals surface area contributed by atoms with E-state index in [0.717, 1.165) is 0 Å². The minimum Gasteiger partial charge on any atom is -0.404 e. The van der Waals surface area contributed by atoms with Crippen LogP contribution in [0.1, 0.15) is 0 Å². The van der Waals surface area contributed by atoms with Crippen molar-refractivity contribution in [2.75, 3.05) is 7.11 Å². The molecular weight excluding hydrogens is 157 g/mol. The first-order chi connectivity index (χ1) is 4.83. The summed E-state index contributed by atoms with van der Waals surface area (Å²) in [6.07, 6.45) is 1.38. The molecule has 10 heavy (non-hydrogen) atoms. The van der Waals surface area contributed by atoms with Gasteiger partial charge in [-0.15, -0.1) is 0 Å². The predicted octanol–water partition coefficient (Wildman–Crippen LogP) is 0.220. The van der Waals surface area contributed by atoms with E-state index in [2.05, 4.69) is 24.5 Å². The molecule has 56 valence electrons. The minimum absolute atomic E-state index is 0.172. The van der Waals surface area contributed by atoms with E-state index in [-0.39, 0.29) is 5.88 Å². The Morgan fingerprint density at radius 3 is 3.10 bits per heavy atom. The number of aromatic amines is 1. The quantitative estimate of drug-likeness (QED) is 0.645. The first kappa shape index (κ1) is 7.24. The topological polar surface area (TPSA) is 77.1 Å². The lowest BCUT2D eigenvalue weighted by atomic mass is 10.9. The zero-order chi connectivity index (χ0) is 7.40. The van der Waals surface area contributed by atoms with Crippen LogP contribution in [0.4, 0.5) is 0 Å². The molecule has 0 spiro atoms. The summed E-state index contributed by atoms with van der Waals surface area (Å²) in [6, 6.07) is 0. The number of nitrogens with zero attached hydrogens (tertiary/aromatic N) is 2. The standard InChI is InChI=1S/C3H6N3O3P/c1-8-10(7)9-3-2-4-6-5-3/h2,10H,1H3,(H,4,5,6). The molecule has 1 aromatic heterocycles. The van der Waals surface area contributed by atoms with Crippen LogP contribution in [0.5, 0.6) is 5.88 Å². The highest BCUT2D eigenvalue weighted by Crippen LogP contribution is 2.23. The average Bonchev–Trinajstić information content (AvgIpc) is 2.40. The van der Waals surface area contributed by atoms with Crippen LogP contribution in [0.15, 0.2) is 6.20 Å². The number of hydrogen-bond acceptors (Lipinski definition) is 5. The number of aromatic nitrogens is 3. The van der Waals surface area contributed by atoms with E-state index in [9.17, 15) is 4.57 Å². The Hall–Kier alpha value is -0.870. The van der Waals surface area contributed by atoms with Crippen molar-refractivity contribution in [2.45, 2.75) is 0 Å². The molecule has 0 aromatic carbocycles. The van der Waals surface area contributed by atoms with Crippen LogP contribution in [0.25, 0.3) is 0 Å². The second-order valence-electron chi connectivity index (χ2n) is 1.37. The van der Waals surface area contributed by atoms with Crippen LogP contribution in [0.3, 0.4) is 0 Å². The molecule has 0 saturated carbocycles. The highest BCUT2D eigenvalue weighted by atomic mass is 31.1.